The Hall–Kier alpha value is -2.48. The van der Waals surface area contributed by atoms with Crippen LogP contribution in [0.25, 0.3) is 10.9 Å². The van der Waals surface area contributed by atoms with Crippen molar-refractivity contribution in [3.63, 3.8) is 0 Å². The molecule has 1 fully saturated rings. The number of piperazine rings is 1. The maximum atomic E-state index is 12.1. The van der Waals surface area contributed by atoms with Gasteiger partial charge in [-0.2, -0.15) is 0 Å². The summed E-state index contributed by atoms with van der Waals surface area (Å²) in [6.45, 7) is 3.30. The van der Waals surface area contributed by atoms with Crippen molar-refractivity contribution in [2.24, 2.45) is 0 Å². The van der Waals surface area contributed by atoms with Gasteiger partial charge < -0.3 is 9.80 Å². The fourth-order valence-electron chi connectivity index (χ4n) is 2.40. The van der Waals surface area contributed by atoms with E-state index in [1.807, 2.05) is 11.9 Å². The summed E-state index contributed by atoms with van der Waals surface area (Å²) in [4.78, 5) is 33.7. The number of non-ortho nitro benzene ring substituents is 1. The van der Waals surface area contributed by atoms with E-state index in [-0.39, 0.29) is 11.2 Å². The zero-order chi connectivity index (χ0) is 15.0. The van der Waals surface area contributed by atoms with Gasteiger partial charge in [-0.3, -0.25) is 19.9 Å². The quantitative estimate of drug-likeness (QED) is 0.642. The summed E-state index contributed by atoms with van der Waals surface area (Å²) in [7, 11) is 2.04. The molecule has 0 radical (unpaired) electrons. The number of nitro groups is 1. The lowest BCUT2D eigenvalue weighted by atomic mass is 10.2. The second kappa shape index (κ2) is 5.13. The van der Waals surface area contributed by atoms with Crippen molar-refractivity contribution < 1.29 is 4.92 Å². The maximum absolute atomic E-state index is 12.1. The van der Waals surface area contributed by atoms with Gasteiger partial charge in [0.25, 0.3) is 11.2 Å². The number of H-pyrrole nitrogens is 1. The Bertz CT molecular complexity index is 749. The number of hydrogen-bond donors (Lipinski definition) is 1. The molecule has 1 aromatic heterocycles. The van der Waals surface area contributed by atoms with E-state index in [2.05, 4.69) is 14.9 Å². The molecule has 1 aliphatic heterocycles. The number of likely N-dealkylation sites (N-methyl/N-ethyl adjacent to an activating group) is 1. The summed E-state index contributed by atoms with van der Waals surface area (Å²) < 4.78 is 0. The summed E-state index contributed by atoms with van der Waals surface area (Å²) in [5.74, 6) is 0.473. The van der Waals surface area contributed by atoms with Crippen molar-refractivity contribution >= 4 is 22.5 Å². The van der Waals surface area contributed by atoms with Gasteiger partial charge in [-0.05, 0) is 13.1 Å². The molecule has 1 saturated heterocycles. The Morgan fingerprint density at radius 3 is 2.67 bits per heavy atom. The van der Waals surface area contributed by atoms with Crippen molar-refractivity contribution in [3.05, 3.63) is 38.7 Å². The molecule has 1 aliphatic rings. The molecule has 1 aromatic carbocycles. The molecule has 2 heterocycles. The summed E-state index contributed by atoms with van der Waals surface area (Å²) in [6.07, 6.45) is 0. The number of rotatable bonds is 2. The minimum atomic E-state index is -0.488. The first kappa shape index (κ1) is 13.5. The van der Waals surface area contributed by atoms with Crippen LogP contribution in [0.3, 0.4) is 0 Å². The highest BCUT2D eigenvalue weighted by atomic mass is 16.6. The fraction of sp³-hybridized carbons (Fsp3) is 0.385. The van der Waals surface area contributed by atoms with Crippen molar-refractivity contribution in [3.8, 4) is 0 Å². The van der Waals surface area contributed by atoms with Gasteiger partial charge in [0.15, 0.2) is 0 Å². The molecule has 0 spiro atoms. The van der Waals surface area contributed by atoms with Crippen LogP contribution in [0.4, 0.5) is 11.6 Å². The highest BCUT2D eigenvalue weighted by Gasteiger charge is 2.18. The molecule has 8 nitrogen and oxygen atoms in total. The van der Waals surface area contributed by atoms with Crippen LogP contribution < -0.4 is 10.5 Å². The molecule has 0 amide bonds. The lowest BCUT2D eigenvalue weighted by molar-refractivity contribution is -0.384. The van der Waals surface area contributed by atoms with Gasteiger partial charge in [-0.25, -0.2) is 4.98 Å². The van der Waals surface area contributed by atoms with Gasteiger partial charge in [-0.1, -0.05) is 0 Å². The molecule has 0 unspecified atom stereocenters. The van der Waals surface area contributed by atoms with E-state index in [9.17, 15) is 14.9 Å². The summed E-state index contributed by atoms with van der Waals surface area (Å²) in [5, 5.41) is 11.2. The lowest BCUT2D eigenvalue weighted by Gasteiger charge is -2.32. The van der Waals surface area contributed by atoms with E-state index in [4.69, 9.17) is 0 Å². The molecule has 3 rings (SSSR count). The normalized spacial score (nSPS) is 16.3. The Morgan fingerprint density at radius 1 is 1.29 bits per heavy atom. The van der Waals surface area contributed by atoms with Crippen molar-refractivity contribution in [2.45, 2.75) is 0 Å². The molecule has 0 bridgehead atoms. The van der Waals surface area contributed by atoms with Crippen LogP contribution in [0.15, 0.2) is 23.0 Å². The van der Waals surface area contributed by atoms with Crippen LogP contribution in [-0.4, -0.2) is 53.0 Å². The monoisotopic (exact) mass is 289 g/mol. The van der Waals surface area contributed by atoms with E-state index < -0.39 is 4.92 Å². The number of aromatic amines is 1. The molecule has 1 N–H and O–H groups in total. The number of anilines is 1. The predicted octanol–water partition coefficient (Wildman–Crippen LogP) is 0.583. The van der Waals surface area contributed by atoms with Gasteiger partial charge in [-0.15, -0.1) is 0 Å². The third-order valence-electron chi connectivity index (χ3n) is 3.69. The first-order valence-corrected chi connectivity index (χ1v) is 6.66. The molecule has 0 saturated carbocycles. The molecular formula is C13H15N5O3. The second-order valence-electron chi connectivity index (χ2n) is 5.14. The zero-order valence-corrected chi connectivity index (χ0v) is 11.6. The number of benzene rings is 1. The third-order valence-corrected chi connectivity index (χ3v) is 3.69. The predicted molar refractivity (Wildman–Crippen MR) is 78.7 cm³/mol. The van der Waals surface area contributed by atoms with Crippen LogP contribution in [0.1, 0.15) is 0 Å². The number of nitrogens with one attached hydrogen (secondary N) is 1. The molecule has 2 aromatic rings. The van der Waals surface area contributed by atoms with Crippen LogP contribution >= 0.6 is 0 Å². The van der Waals surface area contributed by atoms with Crippen LogP contribution in [0, 0.1) is 10.1 Å². The first-order chi connectivity index (χ1) is 10.0. The van der Waals surface area contributed by atoms with Gasteiger partial charge in [0, 0.05) is 38.3 Å². The van der Waals surface area contributed by atoms with Crippen LogP contribution in [0.5, 0.6) is 0 Å². The molecule has 21 heavy (non-hydrogen) atoms. The average Bonchev–Trinajstić information content (AvgIpc) is 2.47. The average molecular weight is 289 g/mol. The minimum Gasteiger partial charge on any atom is -0.340 e. The molecular weight excluding hydrogens is 274 g/mol. The standard InChI is InChI=1S/C13H15N5O3/c1-16-4-6-17(7-5-16)13-14-11-8-9(18(20)21)2-3-10(11)12(19)15-13/h2-3,8H,4-7H2,1H3,(H,14,15,19). The van der Waals surface area contributed by atoms with Gasteiger partial charge in [0.2, 0.25) is 5.95 Å². The summed E-state index contributed by atoms with van der Waals surface area (Å²) in [5.41, 5.74) is 0.00984. The summed E-state index contributed by atoms with van der Waals surface area (Å²) >= 11 is 0. The second-order valence-corrected chi connectivity index (χ2v) is 5.14. The van der Waals surface area contributed by atoms with Crippen molar-refractivity contribution in [2.75, 3.05) is 38.1 Å². The van der Waals surface area contributed by atoms with E-state index in [0.29, 0.717) is 16.9 Å². The first-order valence-electron chi connectivity index (χ1n) is 6.66. The highest BCUT2D eigenvalue weighted by molar-refractivity contribution is 5.80. The highest BCUT2D eigenvalue weighted by Crippen LogP contribution is 2.19. The number of fused-ring (bicyclic) bond motifs is 1. The smallest absolute Gasteiger partial charge is 0.271 e. The fourth-order valence-corrected chi connectivity index (χ4v) is 2.40. The Morgan fingerprint density at radius 2 is 2.00 bits per heavy atom. The molecule has 0 aliphatic carbocycles. The van der Waals surface area contributed by atoms with E-state index in [1.54, 1.807) is 0 Å². The molecule has 110 valence electrons. The SMILES string of the molecule is CN1CCN(c2nc3cc([N+](=O)[O-])ccc3c(=O)[nH]2)CC1. The van der Waals surface area contributed by atoms with Gasteiger partial charge in [0.05, 0.1) is 15.8 Å². The lowest BCUT2D eigenvalue weighted by Crippen LogP contribution is -2.45. The number of nitro benzene ring substituents is 1. The Labute approximate surface area is 120 Å². The van der Waals surface area contributed by atoms with Crippen molar-refractivity contribution in [1.29, 1.82) is 0 Å². The minimum absolute atomic E-state index is 0.0649. The van der Waals surface area contributed by atoms with Crippen LogP contribution in [-0.2, 0) is 0 Å². The van der Waals surface area contributed by atoms with E-state index in [0.717, 1.165) is 26.2 Å². The van der Waals surface area contributed by atoms with Crippen LogP contribution in [0.2, 0.25) is 0 Å². The number of nitrogens with zero attached hydrogens (tertiary/aromatic N) is 4. The number of aromatic nitrogens is 2. The topological polar surface area (TPSA) is 95.4 Å². The zero-order valence-electron chi connectivity index (χ0n) is 11.6. The Balaban J connectivity index is 2.04. The van der Waals surface area contributed by atoms with E-state index >= 15 is 0 Å². The van der Waals surface area contributed by atoms with Gasteiger partial charge in [0.1, 0.15) is 0 Å². The maximum Gasteiger partial charge on any atom is 0.271 e. The molecule has 8 heteroatoms. The molecule has 0 atom stereocenters. The third kappa shape index (κ3) is 2.57. The number of hydrogen-bond acceptors (Lipinski definition) is 6. The van der Waals surface area contributed by atoms with Gasteiger partial charge >= 0.3 is 0 Å². The van der Waals surface area contributed by atoms with Crippen molar-refractivity contribution in [1.82, 2.24) is 14.9 Å². The largest absolute Gasteiger partial charge is 0.340 e. The van der Waals surface area contributed by atoms with E-state index in [1.165, 1.54) is 18.2 Å². The Kier molecular flexibility index (Phi) is 3.30. The summed E-state index contributed by atoms with van der Waals surface area (Å²) in [6, 6.07) is 4.09.